The standard InChI is InChI=1S/C24H26N2O4/c1-25(2)18-11-9-17(10-12-18)15-26(16-19-6-5-13-29-19)24(28)23-14-21(27)20-7-3-4-8-22(20)30-23/h3-4,7-12,14,19H,5-6,13,15-16H2,1-2H3. The molecular formula is C24H26N2O4. The lowest BCUT2D eigenvalue weighted by molar-refractivity contribution is 0.0484. The van der Waals surface area contributed by atoms with E-state index in [0.29, 0.717) is 24.1 Å². The van der Waals surface area contributed by atoms with Gasteiger partial charge in [-0.3, -0.25) is 9.59 Å². The lowest BCUT2D eigenvalue weighted by atomic mass is 10.1. The molecule has 0 bridgehead atoms. The maximum Gasteiger partial charge on any atom is 0.290 e. The van der Waals surface area contributed by atoms with Gasteiger partial charge in [0.15, 0.2) is 11.2 Å². The number of carbonyl (C=O) groups excluding carboxylic acids is 1. The summed E-state index contributed by atoms with van der Waals surface area (Å²) in [6.07, 6.45) is 1.92. The first kappa shape index (κ1) is 20.2. The quantitative estimate of drug-likeness (QED) is 0.625. The zero-order chi connectivity index (χ0) is 21.1. The fourth-order valence-corrected chi connectivity index (χ4v) is 3.74. The topological polar surface area (TPSA) is 63.0 Å². The van der Waals surface area contributed by atoms with Crippen LogP contribution in [0.15, 0.2) is 63.8 Å². The van der Waals surface area contributed by atoms with Crippen LogP contribution in [0.1, 0.15) is 29.0 Å². The molecule has 4 rings (SSSR count). The maximum atomic E-state index is 13.3. The van der Waals surface area contributed by atoms with Crippen molar-refractivity contribution in [3.8, 4) is 0 Å². The van der Waals surface area contributed by atoms with Crippen molar-refractivity contribution in [2.45, 2.75) is 25.5 Å². The molecule has 1 amide bonds. The highest BCUT2D eigenvalue weighted by Gasteiger charge is 2.25. The van der Waals surface area contributed by atoms with Crippen LogP contribution in [0.25, 0.3) is 11.0 Å². The summed E-state index contributed by atoms with van der Waals surface area (Å²) in [5, 5.41) is 0.471. The Morgan fingerprint density at radius 1 is 1.10 bits per heavy atom. The molecule has 0 N–H and O–H groups in total. The summed E-state index contributed by atoms with van der Waals surface area (Å²) in [7, 11) is 3.98. The molecule has 1 fully saturated rings. The molecule has 1 aliphatic rings. The third-order valence-electron chi connectivity index (χ3n) is 5.41. The Labute approximate surface area is 175 Å². The first-order valence-electron chi connectivity index (χ1n) is 10.2. The molecular weight excluding hydrogens is 380 g/mol. The second-order valence-electron chi connectivity index (χ2n) is 7.85. The Hall–Kier alpha value is -3.12. The minimum atomic E-state index is -0.301. The van der Waals surface area contributed by atoms with E-state index >= 15 is 0 Å². The third-order valence-corrected chi connectivity index (χ3v) is 5.41. The summed E-state index contributed by atoms with van der Waals surface area (Å²) < 4.78 is 11.6. The molecule has 0 aliphatic carbocycles. The Morgan fingerprint density at radius 3 is 2.57 bits per heavy atom. The van der Waals surface area contributed by atoms with Crippen molar-refractivity contribution >= 4 is 22.6 Å². The van der Waals surface area contributed by atoms with Crippen LogP contribution in [-0.2, 0) is 11.3 Å². The Kier molecular flexibility index (Phi) is 5.86. The van der Waals surface area contributed by atoms with Gasteiger partial charge in [-0.25, -0.2) is 0 Å². The van der Waals surface area contributed by atoms with Crippen molar-refractivity contribution in [3.63, 3.8) is 0 Å². The van der Waals surface area contributed by atoms with E-state index in [1.165, 1.54) is 6.07 Å². The van der Waals surface area contributed by atoms with Crippen LogP contribution in [0.5, 0.6) is 0 Å². The summed E-state index contributed by atoms with van der Waals surface area (Å²) in [6, 6.07) is 16.4. The summed E-state index contributed by atoms with van der Waals surface area (Å²) in [6.45, 7) is 1.60. The second kappa shape index (κ2) is 8.71. The minimum Gasteiger partial charge on any atom is -0.451 e. The Balaban J connectivity index is 1.63. The van der Waals surface area contributed by atoms with E-state index in [1.54, 1.807) is 29.2 Å². The average molecular weight is 406 g/mol. The molecule has 2 heterocycles. The van der Waals surface area contributed by atoms with Crippen molar-refractivity contribution in [1.29, 1.82) is 0 Å². The van der Waals surface area contributed by atoms with E-state index in [-0.39, 0.29) is 23.2 Å². The molecule has 3 aromatic rings. The van der Waals surface area contributed by atoms with Gasteiger partial charge in [0.05, 0.1) is 11.5 Å². The number of benzene rings is 2. The summed E-state index contributed by atoms with van der Waals surface area (Å²) in [5.41, 5.74) is 2.31. The van der Waals surface area contributed by atoms with Gasteiger partial charge >= 0.3 is 0 Å². The lowest BCUT2D eigenvalue weighted by Crippen LogP contribution is -2.37. The molecule has 1 saturated heterocycles. The lowest BCUT2D eigenvalue weighted by Gasteiger charge is -2.25. The molecule has 1 aliphatic heterocycles. The fourth-order valence-electron chi connectivity index (χ4n) is 3.74. The van der Waals surface area contributed by atoms with E-state index in [4.69, 9.17) is 9.15 Å². The maximum absolute atomic E-state index is 13.3. The van der Waals surface area contributed by atoms with Crippen molar-refractivity contribution in [1.82, 2.24) is 4.90 Å². The third kappa shape index (κ3) is 4.39. The second-order valence-corrected chi connectivity index (χ2v) is 7.85. The fraction of sp³-hybridized carbons (Fsp3) is 0.333. The molecule has 6 nitrogen and oxygen atoms in total. The first-order chi connectivity index (χ1) is 14.5. The zero-order valence-corrected chi connectivity index (χ0v) is 17.3. The molecule has 0 radical (unpaired) electrons. The van der Waals surface area contributed by atoms with E-state index in [9.17, 15) is 9.59 Å². The minimum absolute atomic E-state index is 0.00202. The van der Waals surface area contributed by atoms with Crippen LogP contribution in [0, 0.1) is 0 Å². The number of amides is 1. The van der Waals surface area contributed by atoms with E-state index < -0.39 is 0 Å². The van der Waals surface area contributed by atoms with Gasteiger partial charge in [-0.2, -0.15) is 0 Å². The van der Waals surface area contributed by atoms with Gasteiger partial charge in [-0.15, -0.1) is 0 Å². The van der Waals surface area contributed by atoms with Crippen LogP contribution < -0.4 is 10.3 Å². The number of nitrogens with zero attached hydrogens (tertiary/aromatic N) is 2. The highest BCUT2D eigenvalue weighted by molar-refractivity contribution is 5.93. The van der Waals surface area contributed by atoms with E-state index in [1.807, 2.05) is 43.3 Å². The average Bonchev–Trinajstić information content (AvgIpc) is 3.26. The zero-order valence-electron chi connectivity index (χ0n) is 17.3. The van der Waals surface area contributed by atoms with Gasteiger partial charge < -0.3 is 19.0 Å². The van der Waals surface area contributed by atoms with Gasteiger partial charge in [0.1, 0.15) is 5.58 Å². The normalized spacial score (nSPS) is 16.0. The molecule has 1 atom stereocenters. The van der Waals surface area contributed by atoms with Crippen LogP contribution >= 0.6 is 0 Å². The van der Waals surface area contributed by atoms with Crippen LogP contribution in [0.4, 0.5) is 5.69 Å². The van der Waals surface area contributed by atoms with Crippen molar-refractivity contribution in [2.24, 2.45) is 0 Å². The number of hydrogen-bond acceptors (Lipinski definition) is 5. The number of carbonyl (C=O) groups is 1. The number of ether oxygens (including phenoxy) is 1. The predicted octanol–water partition coefficient (Wildman–Crippen LogP) is 3.68. The highest BCUT2D eigenvalue weighted by atomic mass is 16.5. The summed E-state index contributed by atoms with van der Waals surface area (Å²) in [5.74, 6) is -0.244. The van der Waals surface area contributed by atoms with Crippen LogP contribution in [-0.4, -0.2) is 44.2 Å². The number of hydrogen-bond donors (Lipinski definition) is 0. The molecule has 0 spiro atoms. The Bertz CT molecular complexity index is 1080. The number of para-hydroxylation sites is 1. The number of rotatable bonds is 6. The molecule has 2 aromatic carbocycles. The SMILES string of the molecule is CN(C)c1ccc(CN(CC2CCCO2)C(=O)c2cc(=O)c3ccccc3o2)cc1. The predicted molar refractivity (Wildman–Crippen MR) is 117 cm³/mol. The van der Waals surface area contributed by atoms with Crippen LogP contribution in [0.3, 0.4) is 0 Å². The first-order valence-corrected chi connectivity index (χ1v) is 10.2. The molecule has 1 aromatic heterocycles. The molecule has 0 saturated carbocycles. The molecule has 30 heavy (non-hydrogen) atoms. The van der Waals surface area contributed by atoms with Gasteiger partial charge in [0.25, 0.3) is 5.91 Å². The van der Waals surface area contributed by atoms with Crippen molar-refractivity contribution in [2.75, 3.05) is 32.1 Å². The van der Waals surface area contributed by atoms with Crippen molar-refractivity contribution in [3.05, 3.63) is 76.1 Å². The van der Waals surface area contributed by atoms with Gasteiger partial charge in [0, 0.05) is 45.5 Å². The van der Waals surface area contributed by atoms with E-state index in [0.717, 1.165) is 30.7 Å². The number of anilines is 1. The van der Waals surface area contributed by atoms with Gasteiger partial charge in [0.2, 0.25) is 0 Å². The molecule has 6 heteroatoms. The van der Waals surface area contributed by atoms with Crippen molar-refractivity contribution < 1.29 is 13.9 Å². The largest absolute Gasteiger partial charge is 0.451 e. The molecule has 156 valence electrons. The van der Waals surface area contributed by atoms with Gasteiger partial charge in [-0.05, 0) is 42.7 Å². The van der Waals surface area contributed by atoms with Gasteiger partial charge in [-0.1, -0.05) is 24.3 Å². The van der Waals surface area contributed by atoms with Crippen LogP contribution in [0.2, 0.25) is 0 Å². The summed E-state index contributed by atoms with van der Waals surface area (Å²) in [4.78, 5) is 29.6. The molecule has 1 unspecified atom stereocenters. The number of fused-ring (bicyclic) bond motifs is 1. The highest BCUT2D eigenvalue weighted by Crippen LogP contribution is 2.20. The smallest absolute Gasteiger partial charge is 0.290 e. The Morgan fingerprint density at radius 2 is 1.87 bits per heavy atom. The monoisotopic (exact) mass is 406 g/mol. The van der Waals surface area contributed by atoms with E-state index in [2.05, 4.69) is 0 Å². The summed E-state index contributed by atoms with van der Waals surface area (Å²) >= 11 is 0.